The predicted octanol–water partition coefficient (Wildman–Crippen LogP) is 4.51. The van der Waals surface area contributed by atoms with Crippen LogP contribution in [0.5, 0.6) is 0 Å². The summed E-state index contributed by atoms with van der Waals surface area (Å²) in [4.78, 5) is 1.06. The Hall–Kier alpha value is -0.540. The Morgan fingerprint density at radius 2 is 1.76 bits per heavy atom. The van der Waals surface area contributed by atoms with E-state index in [0.717, 1.165) is 14.8 Å². The van der Waals surface area contributed by atoms with Gasteiger partial charge in [0.1, 0.15) is 0 Å². The molecule has 1 atom stereocenters. The van der Waals surface area contributed by atoms with Gasteiger partial charge < -0.3 is 5.11 Å². The van der Waals surface area contributed by atoms with Gasteiger partial charge in [-0.05, 0) is 36.8 Å². The third-order valence-corrected chi connectivity index (χ3v) is 4.10. The molecule has 0 spiro atoms. The summed E-state index contributed by atoms with van der Waals surface area (Å²) in [6, 6.07) is 11.0. The minimum atomic E-state index is -0.904. The van der Waals surface area contributed by atoms with Crippen LogP contribution in [0, 0.1) is 0 Å². The van der Waals surface area contributed by atoms with Crippen LogP contribution in [0.2, 0.25) is 9.36 Å². The second-order valence-electron chi connectivity index (χ2n) is 4.16. The van der Waals surface area contributed by atoms with Crippen LogP contribution in [0.15, 0.2) is 36.4 Å². The van der Waals surface area contributed by atoms with Gasteiger partial charge in [-0.15, -0.1) is 11.3 Å². The van der Waals surface area contributed by atoms with Gasteiger partial charge in [0.05, 0.1) is 9.94 Å². The SMILES string of the molecule is CC(O)(Cc1ccc(Cl)s1)c1ccc(Cl)cc1. The number of hydrogen-bond donors (Lipinski definition) is 1. The molecule has 1 aromatic heterocycles. The maximum absolute atomic E-state index is 10.5. The second kappa shape index (κ2) is 4.99. The van der Waals surface area contributed by atoms with E-state index in [2.05, 4.69) is 0 Å². The Morgan fingerprint density at radius 1 is 1.12 bits per heavy atom. The van der Waals surface area contributed by atoms with Crippen molar-refractivity contribution in [2.45, 2.75) is 18.9 Å². The Balaban J connectivity index is 2.21. The minimum absolute atomic E-state index is 0.548. The van der Waals surface area contributed by atoms with Crippen LogP contribution in [0.1, 0.15) is 17.4 Å². The molecule has 0 fully saturated rings. The van der Waals surface area contributed by atoms with Crippen LogP contribution in [0.25, 0.3) is 0 Å². The van der Waals surface area contributed by atoms with E-state index in [1.165, 1.54) is 11.3 Å². The van der Waals surface area contributed by atoms with Crippen molar-refractivity contribution in [2.75, 3.05) is 0 Å². The molecular weight excluding hydrogens is 275 g/mol. The van der Waals surface area contributed by atoms with Crippen molar-refractivity contribution in [1.82, 2.24) is 0 Å². The van der Waals surface area contributed by atoms with E-state index in [9.17, 15) is 5.11 Å². The third-order valence-electron chi connectivity index (χ3n) is 2.61. The Labute approximate surface area is 115 Å². The van der Waals surface area contributed by atoms with Gasteiger partial charge in [-0.1, -0.05) is 35.3 Å². The summed E-state index contributed by atoms with van der Waals surface area (Å²) in [6.45, 7) is 1.80. The first-order valence-corrected chi connectivity index (χ1v) is 6.77. The van der Waals surface area contributed by atoms with E-state index >= 15 is 0 Å². The van der Waals surface area contributed by atoms with Crippen LogP contribution in [0.3, 0.4) is 0 Å². The minimum Gasteiger partial charge on any atom is -0.385 e. The fourth-order valence-corrected chi connectivity index (χ4v) is 3.06. The lowest BCUT2D eigenvalue weighted by molar-refractivity contribution is 0.0585. The summed E-state index contributed by atoms with van der Waals surface area (Å²) in [5.41, 5.74) is -0.0508. The first kappa shape index (κ1) is 12.9. The predicted molar refractivity (Wildman–Crippen MR) is 74.1 cm³/mol. The Kier molecular flexibility index (Phi) is 3.79. The average Bonchev–Trinajstić information content (AvgIpc) is 2.63. The molecule has 0 amide bonds. The highest BCUT2D eigenvalue weighted by Crippen LogP contribution is 2.30. The maximum atomic E-state index is 10.5. The van der Waals surface area contributed by atoms with E-state index < -0.39 is 5.60 Å². The van der Waals surface area contributed by atoms with Crippen molar-refractivity contribution in [3.63, 3.8) is 0 Å². The van der Waals surface area contributed by atoms with Crippen LogP contribution < -0.4 is 0 Å². The molecule has 2 rings (SSSR count). The van der Waals surface area contributed by atoms with Gasteiger partial charge in [0.25, 0.3) is 0 Å². The smallest absolute Gasteiger partial charge is 0.0931 e. The van der Waals surface area contributed by atoms with Gasteiger partial charge >= 0.3 is 0 Å². The summed E-state index contributed by atoms with van der Waals surface area (Å²) >= 11 is 13.2. The summed E-state index contributed by atoms with van der Waals surface area (Å²) in [5, 5.41) is 11.1. The van der Waals surface area contributed by atoms with Crippen molar-refractivity contribution < 1.29 is 5.11 Å². The van der Waals surface area contributed by atoms with E-state index in [1.807, 2.05) is 24.3 Å². The molecule has 0 bridgehead atoms. The van der Waals surface area contributed by atoms with Crippen LogP contribution >= 0.6 is 34.5 Å². The van der Waals surface area contributed by atoms with Gasteiger partial charge in [-0.25, -0.2) is 0 Å². The quantitative estimate of drug-likeness (QED) is 0.881. The molecule has 0 saturated carbocycles. The van der Waals surface area contributed by atoms with Gasteiger partial charge in [-0.2, -0.15) is 0 Å². The molecule has 0 saturated heterocycles. The molecule has 17 heavy (non-hydrogen) atoms. The Morgan fingerprint density at radius 3 is 2.29 bits per heavy atom. The molecule has 1 aromatic carbocycles. The highest BCUT2D eigenvalue weighted by atomic mass is 35.5. The van der Waals surface area contributed by atoms with E-state index in [4.69, 9.17) is 23.2 Å². The van der Waals surface area contributed by atoms with E-state index in [-0.39, 0.29) is 0 Å². The monoisotopic (exact) mass is 286 g/mol. The number of hydrogen-bond acceptors (Lipinski definition) is 2. The molecule has 0 radical (unpaired) electrons. The molecule has 1 N–H and O–H groups in total. The number of aliphatic hydroxyl groups is 1. The zero-order chi connectivity index (χ0) is 12.5. The molecule has 0 aliphatic carbocycles. The summed E-state index contributed by atoms with van der Waals surface area (Å²) in [6.07, 6.45) is 0.548. The van der Waals surface area contributed by atoms with Crippen LogP contribution in [-0.4, -0.2) is 5.11 Å². The number of halogens is 2. The summed E-state index contributed by atoms with van der Waals surface area (Å²) in [7, 11) is 0. The number of thiophene rings is 1. The number of benzene rings is 1. The molecule has 4 heteroatoms. The topological polar surface area (TPSA) is 20.2 Å². The molecule has 1 heterocycles. The zero-order valence-electron chi connectivity index (χ0n) is 9.28. The van der Waals surface area contributed by atoms with Crippen molar-refractivity contribution in [2.24, 2.45) is 0 Å². The normalized spacial score (nSPS) is 14.6. The van der Waals surface area contributed by atoms with Gasteiger partial charge in [0.2, 0.25) is 0 Å². The fourth-order valence-electron chi connectivity index (χ4n) is 1.70. The molecule has 0 aliphatic heterocycles. The molecular formula is C13H12Cl2OS. The first-order chi connectivity index (χ1) is 7.97. The van der Waals surface area contributed by atoms with Crippen molar-refractivity contribution in [3.05, 3.63) is 56.2 Å². The van der Waals surface area contributed by atoms with Crippen molar-refractivity contribution in [1.29, 1.82) is 0 Å². The summed E-state index contributed by atoms with van der Waals surface area (Å²) in [5.74, 6) is 0. The van der Waals surface area contributed by atoms with Crippen LogP contribution in [-0.2, 0) is 12.0 Å². The molecule has 1 unspecified atom stereocenters. The van der Waals surface area contributed by atoms with E-state index in [0.29, 0.717) is 11.4 Å². The van der Waals surface area contributed by atoms with Gasteiger partial charge in [-0.3, -0.25) is 0 Å². The van der Waals surface area contributed by atoms with Crippen LogP contribution in [0.4, 0.5) is 0 Å². The van der Waals surface area contributed by atoms with Gasteiger partial charge in [0, 0.05) is 16.3 Å². The second-order valence-corrected chi connectivity index (χ2v) is 6.40. The van der Waals surface area contributed by atoms with Gasteiger partial charge in [0.15, 0.2) is 0 Å². The first-order valence-electron chi connectivity index (χ1n) is 5.20. The third kappa shape index (κ3) is 3.23. The molecule has 90 valence electrons. The average molecular weight is 287 g/mol. The fraction of sp³-hybridized carbons (Fsp3) is 0.231. The van der Waals surface area contributed by atoms with Crippen molar-refractivity contribution in [3.8, 4) is 0 Å². The standard InChI is InChI=1S/C13H12Cl2OS/c1-13(16,8-11-6-7-12(15)17-11)9-2-4-10(14)5-3-9/h2-7,16H,8H2,1H3. The Bertz CT molecular complexity index is 502. The number of rotatable bonds is 3. The lowest BCUT2D eigenvalue weighted by atomic mass is 9.92. The lowest BCUT2D eigenvalue weighted by Crippen LogP contribution is -2.23. The van der Waals surface area contributed by atoms with E-state index in [1.54, 1.807) is 19.1 Å². The van der Waals surface area contributed by atoms with Crippen molar-refractivity contribution >= 4 is 34.5 Å². The summed E-state index contributed by atoms with van der Waals surface area (Å²) < 4.78 is 0.743. The largest absolute Gasteiger partial charge is 0.385 e. The highest BCUT2D eigenvalue weighted by Gasteiger charge is 2.24. The molecule has 2 aromatic rings. The molecule has 0 aliphatic rings. The maximum Gasteiger partial charge on any atom is 0.0931 e. The zero-order valence-corrected chi connectivity index (χ0v) is 11.6. The highest BCUT2D eigenvalue weighted by molar-refractivity contribution is 7.16. The lowest BCUT2D eigenvalue weighted by Gasteiger charge is -2.23. The molecule has 1 nitrogen and oxygen atoms in total.